The summed E-state index contributed by atoms with van der Waals surface area (Å²) in [4.78, 5) is 0. The molecule has 0 aromatic heterocycles. The van der Waals surface area contributed by atoms with Crippen LogP contribution in [-0.4, -0.2) is 0 Å². The first-order valence-corrected chi connectivity index (χ1v) is 4.76. The summed E-state index contributed by atoms with van der Waals surface area (Å²) in [7, 11) is 0. The van der Waals surface area contributed by atoms with Crippen molar-refractivity contribution in [2.24, 2.45) is 11.8 Å². The van der Waals surface area contributed by atoms with Crippen LogP contribution in [0.1, 0.15) is 47.0 Å². The highest BCUT2D eigenvalue weighted by Crippen LogP contribution is 2.24. The summed E-state index contributed by atoms with van der Waals surface area (Å²) in [6.07, 6.45) is 3.82. The van der Waals surface area contributed by atoms with E-state index in [0.29, 0.717) is 0 Å². The minimum absolute atomic E-state index is 0.822. The molecule has 0 saturated heterocycles. The standard InChI is InChI=1S/C11H22/c1-6-11(7-2)10(5)8-9(3)4/h10-11H,3,6-8H2,1-2,4-5H3. The Bertz CT molecular complexity index is 109. The molecule has 1 atom stereocenters. The van der Waals surface area contributed by atoms with Gasteiger partial charge in [-0.3, -0.25) is 0 Å². The molecule has 0 radical (unpaired) electrons. The Labute approximate surface area is 71.7 Å². The molecule has 0 fully saturated rings. The van der Waals surface area contributed by atoms with Gasteiger partial charge >= 0.3 is 0 Å². The molecule has 0 amide bonds. The van der Waals surface area contributed by atoms with Gasteiger partial charge in [0.1, 0.15) is 0 Å². The first kappa shape index (κ1) is 10.7. The molecule has 0 aromatic carbocycles. The smallest absolute Gasteiger partial charge is 0.0297 e. The van der Waals surface area contributed by atoms with Crippen LogP contribution < -0.4 is 0 Å². The fourth-order valence-electron chi connectivity index (χ4n) is 1.81. The van der Waals surface area contributed by atoms with E-state index in [1.54, 1.807) is 0 Å². The monoisotopic (exact) mass is 154 g/mol. The van der Waals surface area contributed by atoms with Gasteiger partial charge in [0.15, 0.2) is 0 Å². The molecular weight excluding hydrogens is 132 g/mol. The van der Waals surface area contributed by atoms with E-state index < -0.39 is 0 Å². The van der Waals surface area contributed by atoms with Crippen molar-refractivity contribution in [3.05, 3.63) is 12.2 Å². The number of hydrogen-bond donors (Lipinski definition) is 0. The number of allylic oxidation sites excluding steroid dienone is 1. The van der Waals surface area contributed by atoms with Crippen molar-refractivity contribution in [2.75, 3.05) is 0 Å². The first-order valence-electron chi connectivity index (χ1n) is 4.76. The van der Waals surface area contributed by atoms with Crippen molar-refractivity contribution in [3.8, 4) is 0 Å². The third kappa shape index (κ3) is 4.23. The fraction of sp³-hybridized carbons (Fsp3) is 0.818. The minimum atomic E-state index is 0.822. The summed E-state index contributed by atoms with van der Waals surface area (Å²) in [5.74, 6) is 1.72. The van der Waals surface area contributed by atoms with Crippen molar-refractivity contribution < 1.29 is 0 Å². The van der Waals surface area contributed by atoms with Crippen LogP contribution in [0.2, 0.25) is 0 Å². The SMILES string of the molecule is C=C(C)CC(C)C(CC)CC. The van der Waals surface area contributed by atoms with Crippen LogP contribution in [0.5, 0.6) is 0 Å². The highest BCUT2D eigenvalue weighted by atomic mass is 14.2. The molecule has 0 saturated carbocycles. The lowest BCUT2D eigenvalue weighted by molar-refractivity contribution is 0.335. The van der Waals surface area contributed by atoms with Gasteiger partial charge in [-0.1, -0.05) is 39.2 Å². The van der Waals surface area contributed by atoms with Gasteiger partial charge in [-0.25, -0.2) is 0 Å². The van der Waals surface area contributed by atoms with Crippen molar-refractivity contribution in [2.45, 2.75) is 47.0 Å². The zero-order valence-corrected chi connectivity index (χ0v) is 8.48. The van der Waals surface area contributed by atoms with Crippen LogP contribution in [0.15, 0.2) is 12.2 Å². The maximum absolute atomic E-state index is 3.95. The average Bonchev–Trinajstić information content (AvgIpc) is 1.88. The molecule has 0 aliphatic rings. The molecule has 0 aromatic rings. The average molecular weight is 154 g/mol. The lowest BCUT2D eigenvalue weighted by Gasteiger charge is -2.20. The van der Waals surface area contributed by atoms with Gasteiger partial charge in [0.2, 0.25) is 0 Å². The minimum Gasteiger partial charge on any atom is -0.100 e. The van der Waals surface area contributed by atoms with Crippen LogP contribution in [0.4, 0.5) is 0 Å². The van der Waals surface area contributed by atoms with Gasteiger partial charge in [-0.2, -0.15) is 0 Å². The molecule has 0 heteroatoms. The van der Waals surface area contributed by atoms with Gasteiger partial charge in [0.25, 0.3) is 0 Å². The normalized spacial score (nSPS) is 13.5. The van der Waals surface area contributed by atoms with Crippen molar-refractivity contribution >= 4 is 0 Å². The van der Waals surface area contributed by atoms with E-state index in [-0.39, 0.29) is 0 Å². The van der Waals surface area contributed by atoms with Crippen LogP contribution in [0.25, 0.3) is 0 Å². The lowest BCUT2D eigenvalue weighted by atomic mass is 9.85. The molecule has 1 unspecified atom stereocenters. The molecule has 0 aliphatic heterocycles. The summed E-state index contributed by atoms with van der Waals surface area (Å²) >= 11 is 0. The van der Waals surface area contributed by atoms with Crippen LogP contribution in [0, 0.1) is 11.8 Å². The van der Waals surface area contributed by atoms with Gasteiger partial charge in [-0.15, -0.1) is 6.58 Å². The predicted octanol–water partition coefficient (Wildman–Crippen LogP) is 4.02. The Morgan fingerprint density at radius 1 is 1.27 bits per heavy atom. The molecule has 11 heavy (non-hydrogen) atoms. The van der Waals surface area contributed by atoms with Crippen LogP contribution in [0.3, 0.4) is 0 Å². The zero-order chi connectivity index (χ0) is 8.85. The maximum atomic E-state index is 3.95. The summed E-state index contributed by atoms with van der Waals surface area (Å²) in [5.41, 5.74) is 1.32. The maximum Gasteiger partial charge on any atom is -0.0297 e. The summed E-state index contributed by atoms with van der Waals surface area (Å²) < 4.78 is 0. The van der Waals surface area contributed by atoms with Gasteiger partial charge in [0.05, 0.1) is 0 Å². The second-order valence-corrected chi connectivity index (χ2v) is 3.72. The second kappa shape index (κ2) is 5.40. The van der Waals surface area contributed by atoms with Gasteiger partial charge in [0, 0.05) is 0 Å². The summed E-state index contributed by atoms with van der Waals surface area (Å²) in [5, 5.41) is 0. The fourth-order valence-corrected chi connectivity index (χ4v) is 1.81. The second-order valence-electron chi connectivity index (χ2n) is 3.72. The number of hydrogen-bond acceptors (Lipinski definition) is 0. The summed E-state index contributed by atoms with van der Waals surface area (Å²) in [6.45, 7) is 13.0. The molecule has 0 nitrogen and oxygen atoms in total. The molecule has 0 N–H and O–H groups in total. The van der Waals surface area contributed by atoms with E-state index in [9.17, 15) is 0 Å². The Balaban J connectivity index is 3.78. The lowest BCUT2D eigenvalue weighted by Crippen LogP contribution is -2.09. The Kier molecular flexibility index (Phi) is 5.27. The summed E-state index contributed by atoms with van der Waals surface area (Å²) in [6, 6.07) is 0. The largest absolute Gasteiger partial charge is 0.100 e. The van der Waals surface area contributed by atoms with Crippen molar-refractivity contribution in [1.29, 1.82) is 0 Å². The van der Waals surface area contributed by atoms with E-state index in [0.717, 1.165) is 11.8 Å². The van der Waals surface area contributed by atoms with E-state index >= 15 is 0 Å². The van der Waals surface area contributed by atoms with Gasteiger partial charge < -0.3 is 0 Å². The van der Waals surface area contributed by atoms with E-state index in [4.69, 9.17) is 0 Å². The van der Waals surface area contributed by atoms with E-state index in [2.05, 4.69) is 34.3 Å². The third-order valence-corrected chi connectivity index (χ3v) is 2.52. The predicted molar refractivity (Wildman–Crippen MR) is 52.7 cm³/mol. The van der Waals surface area contributed by atoms with Crippen molar-refractivity contribution in [1.82, 2.24) is 0 Å². The molecule has 66 valence electrons. The molecule has 0 bridgehead atoms. The highest BCUT2D eigenvalue weighted by Gasteiger charge is 2.12. The third-order valence-electron chi connectivity index (χ3n) is 2.52. The molecule has 0 aliphatic carbocycles. The molecule has 0 heterocycles. The molecule has 0 rings (SSSR count). The topological polar surface area (TPSA) is 0 Å². The Morgan fingerprint density at radius 2 is 1.73 bits per heavy atom. The number of rotatable bonds is 5. The first-order chi connectivity index (χ1) is 5.11. The van der Waals surface area contributed by atoms with Gasteiger partial charge in [-0.05, 0) is 25.2 Å². The van der Waals surface area contributed by atoms with Crippen LogP contribution in [-0.2, 0) is 0 Å². The highest BCUT2D eigenvalue weighted by molar-refractivity contribution is 4.90. The Hall–Kier alpha value is -0.260. The Morgan fingerprint density at radius 3 is 2.00 bits per heavy atom. The van der Waals surface area contributed by atoms with E-state index in [1.165, 1.54) is 24.8 Å². The quantitative estimate of drug-likeness (QED) is 0.524. The zero-order valence-electron chi connectivity index (χ0n) is 8.48. The van der Waals surface area contributed by atoms with E-state index in [1.807, 2.05) is 0 Å². The molecular formula is C11H22. The van der Waals surface area contributed by atoms with Crippen molar-refractivity contribution in [3.63, 3.8) is 0 Å². The molecule has 0 spiro atoms. The van der Waals surface area contributed by atoms with Crippen LogP contribution >= 0.6 is 0 Å².